The lowest BCUT2D eigenvalue weighted by molar-refractivity contribution is -0.103. The van der Waals surface area contributed by atoms with Crippen LogP contribution < -0.4 is 0 Å². The first-order valence-electron chi connectivity index (χ1n) is 11.2. The van der Waals surface area contributed by atoms with Crippen molar-refractivity contribution in [3.05, 3.63) is 55.5 Å². The van der Waals surface area contributed by atoms with Crippen molar-refractivity contribution in [2.75, 3.05) is 7.11 Å². The monoisotopic (exact) mass is 467 g/mol. The van der Waals surface area contributed by atoms with E-state index in [0.717, 1.165) is 5.69 Å². The Kier molecular flexibility index (Phi) is 5.09. The summed E-state index contributed by atoms with van der Waals surface area (Å²) < 4.78 is 37.4. The van der Waals surface area contributed by atoms with Crippen LogP contribution in [0.5, 0.6) is 5.75 Å². The molecule has 2 aliphatic carbocycles. The molecule has 1 aromatic carbocycles. The zero-order chi connectivity index (χ0) is 24.3. The normalized spacial score (nSPS) is 29.8. The molecule has 2 aromatic heterocycles. The summed E-state index contributed by atoms with van der Waals surface area (Å²) in [5.74, 6) is -2.79. The molecule has 4 atom stereocenters. The maximum atomic E-state index is 14.9. The Morgan fingerprint density at radius 1 is 1.24 bits per heavy atom. The number of fused-ring (bicyclic) bond motifs is 2. The largest absolute Gasteiger partial charge is 0.507 e. The fourth-order valence-electron chi connectivity index (χ4n) is 6.08. The lowest BCUT2D eigenvalue weighted by Crippen LogP contribution is -2.45. The zero-order valence-corrected chi connectivity index (χ0v) is 19.4. The van der Waals surface area contributed by atoms with Gasteiger partial charge in [-0.3, -0.25) is 0 Å². The second kappa shape index (κ2) is 7.66. The highest BCUT2D eigenvalue weighted by atomic mass is 19.3. The van der Waals surface area contributed by atoms with Gasteiger partial charge in [-0.1, -0.05) is 20.4 Å². The van der Waals surface area contributed by atoms with Crippen LogP contribution in [0.2, 0.25) is 0 Å². The van der Waals surface area contributed by atoms with Crippen molar-refractivity contribution >= 4 is 5.57 Å². The van der Waals surface area contributed by atoms with Crippen LogP contribution in [-0.2, 0) is 4.74 Å². The topological polar surface area (TPSA) is 86.0 Å². The molecule has 0 saturated heterocycles. The molecule has 2 fully saturated rings. The van der Waals surface area contributed by atoms with Crippen molar-refractivity contribution in [1.82, 2.24) is 24.7 Å². The number of aromatic hydroxyl groups is 1. The minimum atomic E-state index is -2.77. The highest BCUT2D eigenvalue weighted by molar-refractivity contribution is 5.68. The summed E-state index contributed by atoms with van der Waals surface area (Å²) in [6.07, 6.45) is 6.61. The van der Waals surface area contributed by atoms with Gasteiger partial charge in [-0.2, -0.15) is 0 Å². The van der Waals surface area contributed by atoms with E-state index < -0.39 is 22.9 Å². The van der Waals surface area contributed by atoms with Crippen LogP contribution in [0.15, 0.2) is 49.7 Å². The van der Waals surface area contributed by atoms with E-state index in [0.29, 0.717) is 29.1 Å². The SMILES string of the molecule is C=C(c1ncc(-c2ccc(-n3ccnc3)cc2O)nn1)[C@H]1C[C@@]2(C)C[C@](C)(CC2(F)F)[C@@H]1OC. The molecule has 2 heterocycles. The Labute approximate surface area is 196 Å². The number of nitrogens with zero attached hydrogens (tertiary/aromatic N) is 5. The fourth-order valence-corrected chi connectivity index (χ4v) is 6.08. The molecule has 0 radical (unpaired) electrons. The van der Waals surface area contributed by atoms with Crippen molar-refractivity contribution in [2.45, 2.75) is 45.1 Å². The lowest BCUT2D eigenvalue weighted by Gasteiger charge is -2.46. The Morgan fingerprint density at radius 2 is 2.03 bits per heavy atom. The number of imidazole rings is 1. The molecule has 0 spiro atoms. The summed E-state index contributed by atoms with van der Waals surface area (Å²) in [5, 5.41) is 19.0. The number of methoxy groups -OCH3 is 1. The fraction of sp³-hybridized carbons (Fsp3) is 0.440. The van der Waals surface area contributed by atoms with Crippen LogP contribution in [0.25, 0.3) is 22.5 Å². The number of halogens is 2. The molecule has 1 N–H and O–H groups in total. The number of hydrogen-bond donors (Lipinski definition) is 1. The predicted octanol–water partition coefficient (Wildman–Crippen LogP) is 4.92. The summed E-state index contributed by atoms with van der Waals surface area (Å²) in [6.45, 7) is 7.69. The minimum absolute atomic E-state index is 0.0280. The van der Waals surface area contributed by atoms with Crippen LogP contribution in [0.1, 0.15) is 38.9 Å². The van der Waals surface area contributed by atoms with E-state index in [9.17, 15) is 13.9 Å². The summed E-state index contributed by atoms with van der Waals surface area (Å²) in [5.41, 5.74) is 0.381. The first-order valence-corrected chi connectivity index (χ1v) is 11.2. The van der Waals surface area contributed by atoms with Crippen LogP contribution in [0.3, 0.4) is 0 Å². The number of phenols is 1. The number of alkyl halides is 2. The summed E-state index contributed by atoms with van der Waals surface area (Å²) in [7, 11) is 1.56. The van der Waals surface area contributed by atoms with Gasteiger partial charge in [0.1, 0.15) is 11.4 Å². The molecular formula is C25H27F2N5O2. The Morgan fingerprint density at radius 3 is 2.65 bits per heavy atom. The van der Waals surface area contributed by atoms with Crippen LogP contribution in [0.4, 0.5) is 8.78 Å². The van der Waals surface area contributed by atoms with E-state index in [1.807, 2.05) is 13.0 Å². The molecule has 0 amide bonds. The zero-order valence-electron chi connectivity index (χ0n) is 19.4. The predicted molar refractivity (Wildman–Crippen MR) is 122 cm³/mol. The first-order chi connectivity index (χ1) is 16.1. The van der Waals surface area contributed by atoms with E-state index in [1.165, 1.54) is 6.20 Å². The summed E-state index contributed by atoms with van der Waals surface area (Å²) >= 11 is 0. The van der Waals surface area contributed by atoms with E-state index >= 15 is 0 Å². The molecule has 0 unspecified atom stereocenters. The second-order valence-electron chi connectivity index (χ2n) is 10.1. The van der Waals surface area contributed by atoms with Gasteiger partial charge in [0.15, 0.2) is 5.82 Å². The minimum Gasteiger partial charge on any atom is -0.507 e. The van der Waals surface area contributed by atoms with Gasteiger partial charge < -0.3 is 14.4 Å². The van der Waals surface area contributed by atoms with E-state index in [-0.39, 0.29) is 24.5 Å². The third-order valence-electron chi connectivity index (χ3n) is 7.64. The smallest absolute Gasteiger partial charge is 0.254 e. The summed E-state index contributed by atoms with van der Waals surface area (Å²) in [4.78, 5) is 8.43. The standard InChI is InChI=1S/C25H27F2N5O2/c1-15(18-10-24(3)12-23(2,21(18)34-4)13-25(24,26)27)22-29-11-19(30-31-22)17-6-5-16(9-20(17)33)32-8-7-28-14-32/h5-9,11,14,18,21,33H,1,10,12-13H2,2-4H3/t18-,21-,23-,24+/m1/s1. The molecule has 7 nitrogen and oxygen atoms in total. The number of ether oxygens (including phenoxy) is 1. The number of phenolic OH excluding ortho intramolecular Hbond substituents is 1. The molecule has 2 aliphatic rings. The number of rotatable bonds is 5. The second-order valence-corrected chi connectivity index (χ2v) is 10.1. The molecule has 178 valence electrons. The quantitative estimate of drug-likeness (QED) is 0.573. The highest BCUT2D eigenvalue weighted by Gasteiger charge is 2.68. The van der Waals surface area contributed by atoms with Crippen LogP contribution >= 0.6 is 0 Å². The summed E-state index contributed by atoms with van der Waals surface area (Å²) in [6, 6.07) is 5.16. The van der Waals surface area contributed by atoms with Gasteiger partial charge in [0.05, 0.1) is 24.3 Å². The third-order valence-corrected chi connectivity index (χ3v) is 7.64. The average Bonchev–Trinajstić information content (AvgIpc) is 3.37. The average molecular weight is 468 g/mol. The maximum Gasteiger partial charge on any atom is 0.254 e. The van der Waals surface area contributed by atoms with Crippen molar-refractivity contribution in [3.8, 4) is 22.7 Å². The lowest BCUT2D eigenvalue weighted by atomic mass is 9.62. The van der Waals surface area contributed by atoms with E-state index in [1.54, 1.807) is 49.5 Å². The van der Waals surface area contributed by atoms with Gasteiger partial charge in [-0.05, 0) is 30.5 Å². The van der Waals surface area contributed by atoms with Crippen molar-refractivity contribution in [1.29, 1.82) is 0 Å². The molecule has 3 aromatic rings. The van der Waals surface area contributed by atoms with Crippen molar-refractivity contribution in [3.63, 3.8) is 0 Å². The van der Waals surface area contributed by atoms with Gasteiger partial charge in [0, 0.05) is 54.3 Å². The van der Waals surface area contributed by atoms with Crippen LogP contribution in [0, 0.1) is 16.7 Å². The van der Waals surface area contributed by atoms with Crippen molar-refractivity contribution in [2.24, 2.45) is 16.7 Å². The molecule has 9 heteroatoms. The molecule has 34 heavy (non-hydrogen) atoms. The molecular weight excluding hydrogens is 440 g/mol. The van der Waals surface area contributed by atoms with E-state index in [2.05, 4.69) is 26.7 Å². The number of benzene rings is 1. The van der Waals surface area contributed by atoms with Gasteiger partial charge in [-0.25, -0.2) is 18.7 Å². The van der Waals surface area contributed by atoms with E-state index in [4.69, 9.17) is 4.74 Å². The van der Waals surface area contributed by atoms with Gasteiger partial charge >= 0.3 is 0 Å². The Balaban J connectivity index is 1.41. The molecule has 2 bridgehead atoms. The van der Waals surface area contributed by atoms with Crippen LogP contribution in [-0.4, -0.2) is 49.0 Å². The highest BCUT2D eigenvalue weighted by Crippen LogP contribution is 2.68. The molecule has 0 aliphatic heterocycles. The Hall–Kier alpha value is -3.20. The molecule has 2 saturated carbocycles. The molecule has 5 rings (SSSR count). The number of aromatic nitrogens is 5. The van der Waals surface area contributed by atoms with Crippen molar-refractivity contribution < 1.29 is 18.6 Å². The van der Waals surface area contributed by atoms with Gasteiger partial charge in [-0.15, -0.1) is 10.2 Å². The third kappa shape index (κ3) is 3.41. The van der Waals surface area contributed by atoms with Gasteiger partial charge in [0.25, 0.3) is 5.92 Å². The first kappa shape index (κ1) is 22.6. The van der Waals surface area contributed by atoms with Gasteiger partial charge in [0.2, 0.25) is 0 Å². The number of hydrogen-bond acceptors (Lipinski definition) is 6. The Bertz CT molecular complexity index is 1230. The maximum absolute atomic E-state index is 14.9.